The molecular formula is C13H19N3O2. The highest BCUT2D eigenvalue weighted by atomic mass is 16.5. The highest BCUT2D eigenvalue weighted by Crippen LogP contribution is 2.24. The molecule has 1 aromatic carbocycles. The number of rotatable bonds is 4. The van der Waals surface area contributed by atoms with Gasteiger partial charge in [0.2, 0.25) is 0 Å². The first-order valence-corrected chi connectivity index (χ1v) is 6.09. The zero-order valence-electron chi connectivity index (χ0n) is 10.5. The zero-order valence-corrected chi connectivity index (χ0v) is 10.5. The number of hydrogen-bond donors (Lipinski definition) is 2. The van der Waals surface area contributed by atoms with Gasteiger partial charge >= 0.3 is 0 Å². The van der Waals surface area contributed by atoms with Crippen molar-refractivity contribution in [1.82, 2.24) is 10.3 Å². The number of benzene rings is 1. The quantitative estimate of drug-likeness (QED) is 0.461. The molecule has 2 unspecified atom stereocenters. The minimum absolute atomic E-state index is 0.199. The van der Waals surface area contributed by atoms with Crippen molar-refractivity contribution in [3.8, 4) is 0 Å². The van der Waals surface area contributed by atoms with Gasteiger partial charge in [-0.15, -0.1) is 0 Å². The van der Waals surface area contributed by atoms with Crippen LogP contribution in [0.4, 0.5) is 0 Å². The van der Waals surface area contributed by atoms with Gasteiger partial charge in [-0.2, -0.15) is 0 Å². The molecule has 98 valence electrons. The zero-order chi connectivity index (χ0) is 13.0. The van der Waals surface area contributed by atoms with Gasteiger partial charge in [0, 0.05) is 12.6 Å². The van der Waals surface area contributed by atoms with E-state index in [2.05, 4.69) is 5.43 Å². The monoisotopic (exact) mass is 249 g/mol. The molecule has 1 saturated heterocycles. The topological polar surface area (TPSA) is 67.6 Å². The van der Waals surface area contributed by atoms with Crippen LogP contribution in [0.1, 0.15) is 18.0 Å². The maximum absolute atomic E-state index is 12.0. The number of amides is 1. The molecule has 3 N–H and O–H groups in total. The van der Waals surface area contributed by atoms with Crippen LogP contribution in [-0.4, -0.2) is 37.1 Å². The first-order valence-electron chi connectivity index (χ1n) is 6.09. The fraction of sp³-hybridized carbons (Fsp3) is 0.462. The van der Waals surface area contributed by atoms with Crippen molar-refractivity contribution < 1.29 is 9.53 Å². The lowest BCUT2D eigenvalue weighted by molar-refractivity contribution is -0.127. The number of likely N-dealkylation sites (N-methyl/N-ethyl adjacent to an activating group) is 1. The molecule has 18 heavy (non-hydrogen) atoms. The molecule has 1 aliphatic heterocycles. The Bertz CT molecular complexity index is 390. The molecule has 1 fully saturated rings. The van der Waals surface area contributed by atoms with Crippen LogP contribution in [0, 0.1) is 0 Å². The van der Waals surface area contributed by atoms with Crippen LogP contribution < -0.4 is 11.3 Å². The fourth-order valence-corrected chi connectivity index (χ4v) is 2.34. The molecule has 1 aliphatic rings. The second-order valence-corrected chi connectivity index (χ2v) is 4.50. The van der Waals surface area contributed by atoms with Crippen LogP contribution in [0.25, 0.3) is 0 Å². The Morgan fingerprint density at radius 3 is 2.78 bits per heavy atom. The van der Waals surface area contributed by atoms with Crippen LogP contribution >= 0.6 is 0 Å². The van der Waals surface area contributed by atoms with E-state index >= 15 is 0 Å². The molecule has 0 aromatic heterocycles. The first kappa shape index (κ1) is 13.0. The summed E-state index contributed by atoms with van der Waals surface area (Å²) in [5.74, 6) is 5.09. The Balaban J connectivity index is 2.22. The lowest BCUT2D eigenvalue weighted by atomic mass is 10.0. The number of hydrazine groups is 1. The highest BCUT2D eigenvalue weighted by molar-refractivity contribution is 5.82. The maximum Gasteiger partial charge on any atom is 0.255 e. The smallest absolute Gasteiger partial charge is 0.255 e. The molecule has 0 radical (unpaired) electrons. The van der Waals surface area contributed by atoms with Crippen LogP contribution in [0.15, 0.2) is 30.3 Å². The average Bonchev–Trinajstić information content (AvgIpc) is 2.94. The molecule has 0 aliphatic carbocycles. The van der Waals surface area contributed by atoms with Gasteiger partial charge in [-0.1, -0.05) is 30.3 Å². The number of nitrogens with zero attached hydrogens (tertiary/aromatic N) is 1. The van der Waals surface area contributed by atoms with Crippen molar-refractivity contribution in [2.45, 2.75) is 18.5 Å². The van der Waals surface area contributed by atoms with E-state index in [4.69, 9.17) is 10.6 Å². The van der Waals surface area contributed by atoms with E-state index in [1.165, 1.54) is 0 Å². The van der Waals surface area contributed by atoms with Gasteiger partial charge in [-0.3, -0.25) is 15.1 Å². The van der Waals surface area contributed by atoms with E-state index in [0.29, 0.717) is 6.61 Å². The van der Waals surface area contributed by atoms with Crippen LogP contribution in [-0.2, 0) is 9.53 Å². The number of carbonyl (C=O) groups excluding carboxylic acids is 1. The highest BCUT2D eigenvalue weighted by Gasteiger charge is 2.31. The third-order valence-corrected chi connectivity index (χ3v) is 3.39. The third kappa shape index (κ3) is 2.69. The predicted octanol–water partition coefficient (Wildman–Crippen LogP) is 0.438. The van der Waals surface area contributed by atoms with Crippen LogP contribution in [0.3, 0.4) is 0 Å². The van der Waals surface area contributed by atoms with Crippen LogP contribution in [0.5, 0.6) is 0 Å². The SMILES string of the molecule is CN(C1CCOC1)C(C(=O)NN)c1ccccc1. The summed E-state index contributed by atoms with van der Waals surface area (Å²) in [5.41, 5.74) is 3.19. The van der Waals surface area contributed by atoms with E-state index in [9.17, 15) is 4.79 Å². The molecule has 0 saturated carbocycles. The first-order chi connectivity index (χ1) is 8.74. The summed E-state index contributed by atoms with van der Waals surface area (Å²) < 4.78 is 5.37. The van der Waals surface area contributed by atoms with Crippen molar-refractivity contribution in [3.63, 3.8) is 0 Å². The number of hydrogen-bond acceptors (Lipinski definition) is 4. The van der Waals surface area contributed by atoms with E-state index in [0.717, 1.165) is 18.6 Å². The van der Waals surface area contributed by atoms with Gasteiger partial charge < -0.3 is 4.74 Å². The van der Waals surface area contributed by atoms with Gasteiger partial charge in [0.1, 0.15) is 6.04 Å². The number of nitrogens with one attached hydrogen (secondary N) is 1. The summed E-state index contributed by atoms with van der Waals surface area (Å²) >= 11 is 0. The molecule has 1 heterocycles. The molecule has 1 aromatic rings. The summed E-state index contributed by atoms with van der Waals surface area (Å²) in [6.07, 6.45) is 0.942. The number of carbonyl (C=O) groups is 1. The summed E-state index contributed by atoms with van der Waals surface area (Å²) in [4.78, 5) is 14.0. The minimum atomic E-state index is -0.372. The van der Waals surface area contributed by atoms with Gasteiger partial charge in [0.25, 0.3) is 5.91 Å². The van der Waals surface area contributed by atoms with Crippen LogP contribution in [0.2, 0.25) is 0 Å². The van der Waals surface area contributed by atoms with Gasteiger partial charge in [0.05, 0.1) is 6.61 Å². The second kappa shape index (κ2) is 5.95. The second-order valence-electron chi connectivity index (χ2n) is 4.50. The Morgan fingerprint density at radius 1 is 1.50 bits per heavy atom. The summed E-state index contributed by atoms with van der Waals surface area (Å²) in [7, 11) is 1.94. The molecule has 0 bridgehead atoms. The Hall–Kier alpha value is -1.43. The molecule has 2 atom stereocenters. The van der Waals surface area contributed by atoms with Crippen molar-refractivity contribution in [3.05, 3.63) is 35.9 Å². The summed E-state index contributed by atoms with van der Waals surface area (Å²) in [6, 6.07) is 9.53. The normalized spacial score (nSPS) is 20.9. The van der Waals surface area contributed by atoms with Crippen molar-refractivity contribution in [2.24, 2.45) is 5.84 Å². The Morgan fingerprint density at radius 2 is 2.22 bits per heavy atom. The van der Waals surface area contributed by atoms with Gasteiger partial charge in [0.15, 0.2) is 0 Å². The minimum Gasteiger partial charge on any atom is -0.380 e. The van der Waals surface area contributed by atoms with E-state index in [-0.39, 0.29) is 18.0 Å². The largest absolute Gasteiger partial charge is 0.380 e. The third-order valence-electron chi connectivity index (χ3n) is 3.39. The van der Waals surface area contributed by atoms with Gasteiger partial charge in [-0.05, 0) is 19.0 Å². The van der Waals surface area contributed by atoms with Crippen molar-refractivity contribution in [1.29, 1.82) is 0 Å². The summed E-state index contributed by atoms with van der Waals surface area (Å²) in [6.45, 7) is 1.42. The van der Waals surface area contributed by atoms with E-state index in [1.807, 2.05) is 42.3 Å². The molecule has 5 heteroatoms. The standard InChI is InChI=1S/C13H19N3O2/c1-16(11-7-8-18-9-11)12(13(17)15-14)10-5-3-2-4-6-10/h2-6,11-12H,7-9,14H2,1H3,(H,15,17). The Labute approximate surface area is 107 Å². The van der Waals surface area contributed by atoms with E-state index < -0.39 is 0 Å². The molecule has 5 nitrogen and oxygen atoms in total. The van der Waals surface area contributed by atoms with E-state index in [1.54, 1.807) is 0 Å². The summed E-state index contributed by atoms with van der Waals surface area (Å²) in [5, 5.41) is 0. The number of nitrogens with two attached hydrogens (primary N) is 1. The van der Waals surface area contributed by atoms with Gasteiger partial charge in [-0.25, -0.2) is 5.84 Å². The lowest BCUT2D eigenvalue weighted by Crippen LogP contribution is -2.45. The number of ether oxygens (including phenoxy) is 1. The Kier molecular flexibility index (Phi) is 4.30. The molecule has 2 rings (SSSR count). The average molecular weight is 249 g/mol. The van der Waals surface area contributed by atoms with Crippen molar-refractivity contribution >= 4 is 5.91 Å². The molecular weight excluding hydrogens is 230 g/mol. The fourth-order valence-electron chi connectivity index (χ4n) is 2.34. The maximum atomic E-state index is 12.0. The van der Waals surface area contributed by atoms with Crippen molar-refractivity contribution in [2.75, 3.05) is 20.3 Å². The lowest BCUT2D eigenvalue weighted by Gasteiger charge is -2.31. The molecule has 1 amide bonds. The predicted molar refractivity (Wildman–Crippen MR) is 68.5 cm³/mol. The molecule has 0 spiro atoms.